The van der Waals surface area contributed by atoms with Gasteiger partial charge in [-0.3, -0.25) is 0 Å². The number of rotatable bonds is 2. The monoisotopic (exact) mass is 208 g/mol. The second-order valence-electron chi connectivity index (χ2n) is 4.46. The molecule has 2 atom stereocenters. The van der Waals surface area contributed by atoms with Crippen LogP contribution in [0.5, 0.6) is 0 Å². The number of hydrogen-bond acceptors (Lipinski definition) is 3. The number of imidazole rings is 1. The van der Waals surface area contributed by atoms with Crippen LogP contribution < -0.4 is 10.6 Å². The smallest absolute Gasteiger partial charge is 0.202 e. The average Bonchev–Trinajstić information content (AvgIpc) is 2.66. The maximum absolute atomic E-state index is 6.08. The summed E-state index contributed by atoms with van der Waals surface area (Å²) in [6.07, 6.45) is 4.10. The minimum Gasteiger partial charge on any atom is -0.342 e. The first-order valence-electron chi connectivity index (χ1n) is 5.73. The van der Waals surface area contributed by atoms with E-state index in [0.29, 0.717) is 12.0 Å². The Morgan fingerprint density at radius 3 is 3.07 bits per heavy atom. The Balaban J connectivity index is 2.06. The van der Waals surface area contributed by atoms with Crippen LogP contribution in [0.25, 0.3) is 0 Å². The number of aromatic nitrogens is 2. The van der Waals surface area contributed by atoms with Gasteiger partial charge in [0.1, 0.15) is 0 Å². The predicted octanol–water partition coefficient (Wildman–Crippen LogP) is 1.28. The Hall–Kier alpha value is -1.03. The number of nitrogens with two attached hydrogens (primary N) is 1. The zero-order valence-electron chi connectivity index (χ0n) is 9.53. The summed E-state index contributed by atoms with van der Waals surface area (Å²) in [4.78, 5) is 9.95. The fourth-order valence-electron chi connectivity index (χ4n) is 2.23. The fourth-order valence-corrected chi connectivity index (χ4v) is 2.23. The summed E-state index contributed by atoms with van der Waals surface area (Å²) in [5, 5.41) is 0. The van der Waals surface area contributed by atoms with Crippen LogP contribution in [0.4, 0.5) is 5.95 Å². The lowest BCUT2D eigenvalue weighted by atomic mass is 9.91. The topological polar surface area (TPSA) is 57.9 Å². The van der Waals surface area contributed by atoms with Gasteiger partial charge in [0.2, 0.25) is 5.95 Å². The van der Waals surface area contributed by atoms with Crippen molar-refractivity contribution in [2.75, 3.05) is 18.0 Å². The maximum atomic E-state index is 6.08. The van der Waals surface area contributed by atoms with Crippen LogP contribution >= 0.6 is 0 Å². The van der Waals surface area contributed by atoms with Crippen LogP contribution in [0.15, 0.2) is 6.20 Å². The minimum atomic E-state index is 0.363. The van der Waals surface area contributed by atoms with E-state index in [1.54, 1.807) is 0 Å². The molecule has 1 fully saturated rings. The van der Waals surface area contributed by atoms with E-state index >= 15 is 0 Å². The average molecular weight is 208 g/mol. The van der Waals surface area contributed by atoms with Gasteiger partial charge in [-0.15, -0.1) is 0 Å². The van der Waals surface area contributed by atoms with Crippen LogP contribution in [0, 0.1) is 12.8 Å². The van der Waals surface area contributed by atoms with Crippen LogP contribution in [0.1, 0.15) is 25.5 Å². The molecule has 0 bridgehead atoms. The molecule has 0 amide bonds. The normalized spacial score (nSPS) is 27.0. The summed E-state index contributed by atoms with van der Waals surface area (Å²) in [5.74, 6) is 1.60. The summed E-state index contributed by atoms with van der Waals surface area (Å²) in [6.45, 7) is 6.29. The quantitative estimate of drug-likeness (QED) is 0.769. The molecule has 1 aromatic rings. The molecule has 0 spiro atoms. The van der Waals surface area contributed by atoms with Gasteiger partial charge in [-0.25, -0.2) is 4.98 Å². The summed E-state index contributed by atoms with van der Waals surface area (Å²) in [7, 11) is 0. The molecule has 1 saturated heterocycles. The molecule has 4 heteroatoms. The molecule has 2 unspecified atom stereocenters. The standard InChI is InChI=1S/C11H20N4/c1-3-9-7-15(5-4-10(9)12)11-13-6-8(2)14-11/h6,9-10H,3-5,7,12H2,1-2H3,(H,13,14). The van der Waals surface area contributed by atoms with E-state index in [9.17, 15) is 0 Å². The number of aromatic amines is 1. The summed E-state index contributed by atoms with van der Waals surface area (Å²) >= 11 is 0. The number of piperidine rings is 1. The molecule has 2 heterocycles. The van der Waals surface area contributed by atoms with E-state index in [2.05, 4.69) is 21.8 Å². The third kappa shape index (κ3) is 2.15. The molecule has 4 nitrogen and oxygen atoms in total. The molecular weight excluding hydrogens is 188 g/mol. The van der Waals surface area contributed by atoms with Crippen molar-refractivity contribution in [3.05, 3.63) is 11.9 Å². The van der Waals surface area contributed by atoms with Gasteiger partial charge in [-0.2, -0.15) is 0 Å². The molecular formula is C11H20N4. The summed E-state index contributed by atoms with van der Waals surface area (Å²) < 4.78 is 0. The molecule has 0 aromatic carbocycles. The number of aryl methyl sites for hydroxylation is 1. The van der Waals surface area contributed by atoms with E-state index in [0.717, 1.165) is 37.6 Å². The Labute approximate surface area is 90.9 Å². The lowest BCUT2D eigenvalue weighted by molar-refractivity contribution is 0.345. The highest BCUT2D eigenvalue weighted by Gasteiger charge is 2.26. The first-order chi connectivity index (χ1) is 7.20. The van der Waals surface area contributed by atoms with Crippen LogP contribution in [0.2, 0.25) is 0 Å². The summed E-state index contributed by atoms with van der Waals surface area (Å²) in [6, 6.07) is 0.363. The molecule has 3 N–H and O–H groups in total. The van der Waals surface area contributed by atoms with Crippen LogP contribution in [-0.2, 0) is 0 Å². The highest BCUT2D eigenvalue weighted by molar-refractivity contribution is 5.32. The lowest BCUT2D eigenvalue weighted by Crippen LogP contribution is -2.47. The number of hydrogen-bond donors (Lipinski definition) is 2. The van der Waals surface area contributed by atoms with Gasteiger partial charge in [0.15, 0.2) is 0 Å². The highest BCUT2D eigenvalue weighted by atomic mass is 15.3. The molecule has 0 radical (unpaired) electrons. The molecule has 15 heavy (non-hydrogen) atoms. The van der Waals surface area contributed by atoms with E-state index in [1.807, 2.05) is 13.1 Å². The molecule has 2 rings (SSSR count). The Morgan fingerprint density at radius 2 is 2.47 bits per heavy atom. The number of nitrogens with zero attached hydrogens (tertiary/aromatic N) is 2. The van der Waals surface area contributed by atoms with E-state index in [4.69, 9.17) is 5.73 Å². The van der Waals surface area contributed by atoms with Crippen molar-refractivity contribution in [3.8, 4) is 0 Å². The van der Waals surface area contributed by atoms with Crippen molar-refractivity contribution >= 4 is 5.95 Å². The van der Waals surface area contributed by atoms with Gasteiger partial charge in [0.25, 0.3) is 0 Å². The molecule has 0 aliphatic carbocycles. The van der Waals surface area contributed by atoms with Gasteiger partial charge in [0, 0.05) is 31.0 Å². The van der Waals surface area contributed by atoms with Crippen LogP contribution in [0.3, 0.4) is 0 Å². The first-order valence-corrected chi connectivity index (χ1v) is 5.73. The van der Waals surface area contributed by atoms with E-state index < -0.39 is 0 Å². The van der Waals surface area contributed by atoms with Gasteiger partial charge in [-0.05, 0) is 19.3 Å². The second-order valence-corrected chi connectivity index (χ2v) is 4.46. The van der Waals surface area contributed by atoms with Crippen molar-refractivity contribution in [1.82, 2.24) is 9.97 Å². The number of H-pyrrole nitrogens is 1. The molecule has 84 valence electrons. The van der Waals surface area contributed by atoms with Gasteiger partial charge >= 0.3 is 0 Å². The fraction of sp³-hybridized carbons (Fsp3) is 0.727. The molecule has 1 aliphatic heterocycles. The Kier molecular flexibility index (Phi) is 2.95. The Bertz CT molecular complexity index is 320. The molecule has 0 saturated carbocycles. The summed E-state index contributed by atoms with van der Waals surface area (Å²) in [5.41, 5.74) is 7.20. The van der Waals surface area contributed by atoms with Crippen molar-refractivity contribution in [3.63, 3.8) is 0 Å². The number of anilines is 1. The molecule has 1 aromatic heterocycles. The molecule has 1 aliphatic rings. The highest BCUT2D eigenvalue weighted by Crippen LogP contribution is 2.22. The van der Waals surface area contributed by atoms with Gasteiger partial charge in [0.05, 0.1) is 0 Å². The van der Waals surface area contributed by atoms with Gasteiger partial charge in [-0.1, -0.05) is 13.3 Å². The number of nitrogens with one attached hydrogen (secondary N) is 1. The van der Waals surface area contributed by atoms with E-state index in [1.165, 1.54) is 0 Å². The van der Waals surface area contributed by atoms with E-state index in [-0.39, 0.29) is 0 Å². The third-order valence-corrected chi connectivity index (χ3v) is 3.31. The lowest BCUT2D eigenvalue weighted by Gasteiger charge is -2.36. The second kappa shape index (κ2) is 4.23. The van der Waals surface area contributed by atoms with Gasteiger partial charge < -0.3 is 15.6 Å². The Morgan fingerprint density at radius 1 is 1.67 bits per heavy atom. The van der Waals surface area contributed by atoms with Crippen molar-refractivity contribution in [2.24, 2.45) is 11.7 Å². The zero-order valence-corrected chi connectivity index (χ0v) is 9.53. The minimum absolute atomic E-state index is 0.363. The maximum Gasteiger partial charge on any atom is 0.202 e. The van der Waals surface area contributed by atoms with Crippen molar-refractivity contribution < 1.29 is 0 Å². The SMILES string of the molecule is CCC1CN(c2ncc(C)[nH]2)CCC1N. The zero-order chi connectivity index (χ0) is 10.8. The largest absolute Gasteiger partial charge is 0.342 e. The predicted molar refractivity (Wildman–Crippen MR) is 61.9 cm³/mol. The van der Waals surface area contributed by atoms with Crippen LogP contribution in [-0.4, -0.2) is 29.1 Å². The first kappa shape index (κ1) is 10.5. The van der Waals surface area contributed by atoms with Crippen molar-refractivity contribution in [1.29, 1.82) is 0 Å². The third-order valence-electron chi connectivity index (χ3n) is 3.31. The van der Waals surface area contributed by atoms with Crippen molar-refractivity contribution in [2.45, 2.75) is 32.7 Å².